The van der Waals surface area contributed by atoms with Gasteiger partial charge in [0.25, 0.3) is 0 Å². The van der Waals surface area contributed by atoms with Gasteiger partial charge in [0, 0.05) is 45.8 Å². The Hall–Kier alpha value is -1.02. The molecule has 0 amide bonds. The van der Waals surface area contributed by atoms with E-state index in [0.717, 1.165) is 77.0 Å². The van der Waals surface area contributed by atoms with E-state index >= 15 is 0 Å². The number of aromatic nitrogens is 3. The second-order valence-electron chi connectivity index (χ2n) is 7.38. The first-order valence-electron chi connectivity index (χ1n) is 9.76. The highest BCUT2D eigenvalue weighted by Crippen LogP contribution is 2.26. The highest BCUT2D eigenvalue weighted by Gasteiger charge is 2.26. The van der Waals surface area contributed by atoms with Crippen LogP contribution in [0.2, 0.25) is 0 Å². The van der Waals surface area contributed by atoms with Crippen molar-refractivity contribution in [2.45, 2.75) is 51.2 Å². The predicted molar refractivity (Wildman–Crippen MR) is 96.4 cm³/mol. The van der Waals surface area contributed by atoms with Gasteiger partial charge in [-0.1, -0.05) is 0 Å². The lowest BCUT2D eigenvalue weighted by atomic mass is 9.97. The number of aliphatic hydroxyl groups excluding tert-OH is 1. The summed E-state index contributed by atoms with van der Waals surface area (Å²) in [7, 11) is 2.10. The summed E-state index contributed by atoms with van der Waals surface area (Å²) in [6.07, 6.45) is 4.00. The lowest BCUT2D eigenvalue weighted by Crippen LogP contribution is -2.37. The van der Waals surface area contributed by atoms with Crippen LogP contribution >= 0.6 is 0 Å². The van der Waals surface area contributed by atoms with Gasteiger partial charge in [-0.2, -0.15) is 0 Å². The van der Waals surface area contributed by atoms with Gasteiger partial charge in [-0.05, 0) is 39.2 Å². The van der Waals surface area contributed by atoms with Crippen molar-refractivity contribution in [3.8, 4) is 0 Å². The van der Waals surface area contributed by atoms with E-state index in [-0.39, 0.29) is 6.10 Å². The lowest BCUT2D eigenvalue weighted by Gasteiger charge is -2.32. The van der Waals surface area contributed by atoms with Gasteiger partial charge < -0.3 is 19.3 Å². The minimum absolute atomic E-state index is 0.129. The van der Waals surface area contributed by atoms with E-state index in [2.05, 4.69) is 31.6 Å². The SMILES string of the molecule is CCOCCN1CCC[C@@H](c2nnc(CN3CCC(O)CC3)n2C)C1. The number of likely N-dealkylation sites (tertiary alicyclic amines) is 2. The van der Waals surface area contributed by atoms with Gasteiger partial charge in [0.05, 0.1) is 19.3 Å². The normalized spacial score (nSPS) is 24.0. The van der Waals surface area contributed by atoms with Crippen LogP contribution in [-0.2, 0) is 18.3 Å². The van der Waals surface area contributed by atoms with E-state index in [9.17, 15) is 5.11 Å². The van der Waals surface area contributed by atoms with Crippen molar-refractivity contribution in [2.75, 3.05) is 45.9 Å². The summed E-state index contributed by atoms with van der Waals surface area (Å²) in [5, 5.41) is 18.7. The van der Waals surface area contributed by atoms with Gasteiger partial charge in [0.15, 0.2) is 0 Å². The molecule has 1 atom stereocenters. The molecule has 25 heavy (non-hydrogen) atoms. The standard InChI is InChI=1S/C18H33N5O2/c1-3-25-12-11-22-8-4-5-15(13-22)18-20-19-17(21(18)2)14-23-9-6-16(24)7-10-23/h15-16,24H,3-14H2,1-2H3/t15-/m1/s1. The van der Waals surface area contributed by atoms with Crippen molar-refractivity contribution < 1.29 is 9.84 Å². The highest BCUT2D eigenvalue weighted by molar-refractivity contribution is 5.04. The van der Waals surface area contributed by atoms with Crippen LogP contribution in [-0.4, -0.2) is 81.7 Å². The Labute approximate surface area is 151 Å². The summed E-state index contributed by atoms with van der Waals surface area (Å²) in [6, 6.07) is 0. The first-order valence-corrected chi connectivity index (χ1v) is 9.76. The molecule has 1 aromatic rings. The molecule has 2 aliphatic heterocycles. The molecule has 2 aliphatic rings. The van der Waals surface area contributed by atoms with Gasteiger partial charge in [-0.3, -0.25) is 4.90 Å². The Morgan fingerprint density at radius 3 is 2.68 bits per heavy atom. The molecule has 2 fully saturated rings. The molecule has 0 bridgehead atoms. The fraction of sp³-hybridized carbons (Fsp3) is 0.889. The van der Waals surface area contributed by atoms with Crippen LogP contribution in [0.4, 0.5) is 0 Å². The van der Waals surface area contributed by atoms with Crippen LogP contribution in [0.15, 0.2) is 0 Å². The maximum Gasteiger partial charge on any atom is 0.146 e. The average molecular weight is 351 g/mol. The molecule has 1 aromatic heterocycles. The summed E-state index contributed by atoms with van der Waals surface area (Å²) in [5.74, 6) is 2.62. The van der Waals surface area contributed by atoms with E-state index in [1.54, 1.807) is 0 Å². The zero-order valence-corrected chi connectivity index (χ0v) is 15.7. The number of aliphatic hydroxyl groups is 1. The smallest absolute Gasteiger partial charge is 0.146 e. The Balaban J connectivity index is 1.56. The molecule has 1 N–H and O–H groups in total. The maximum atomic E-state index is 9.65. The predicted octanol–water partition coefficient (Wildman–Crippen LogP) is 0.988. The summed E-state index contributed by atoms with van der Waals surface area (Å²) in [4.78, 5) is 4.86. The van der Waals surface area contributed by atoms with Crippen LogP contribution in [0.1, 0.15) is 50.2 Å². The quantitative estimate of drug-likeness (QED) is 0.739. The molecule has 0 radical (unpaired) electrons. The number of hydrogen-bond donors (Lipinski definition) is 1. The van der Waals surface area contributed by atoms with E-state index in [1.807, 2.05) is 6.92 Å². The number of hydrogen-bond acceptors (Lipinski definition) is 6. The van der Waals surface area contributed by atoms with Crippen molar-refractivity contribution in [2.24, 2.45) is 7.05 Å². The molecule has 142 valence electrons. The largest absolute Gasteiger partial charge is 0.393 e. The van der Waals surface area contributed by atoms with Crippen molar-refractivity contribution in [1.82, 2.24) is 24.6 Å². The molecule has 0 saturated carbocycles. The second kappa shape index (κ2) is 9.07. The van der Waals surface area contributed by atoms with Gasteiger partial charge in [0.2, 0.25) is 0 Å². The van der Waals surface area contributed by atoms with Crippen molar-refractivity contribution in [3.63, 3.8) is 0 Å². The second-order valence-corrected chi connectivity index (χ2v) is 7.38. The molecule has 2 saturated heterocycles. The minimum atomic E-state index is -0.129. The zero-order chi connectivity index (χ0) is 17.6. The summed E-state index contributed by atoms with van der Waals surface area (Å²) >= 11 is 0. The van der Waals surface area contributed by atoms with Crippen molar-refractivity contribution >= 4 is 0 Å². The van der Waals surface area contributed by atoms with Gasteiger partial charge >= 0.3 is 0 Å². The molecule has 3 rings (SSSR count). The third-order valence-electron chi connectivity index (χ3n) is 5.55. The van der Waals surface area contributed by atoms with Gasteiger partial charge in [0.1, 0.15) is 11.6 Å². The minimum Gasteiger partial charge on any atom is -0.393 e. The zero-order valence-electron chi connectivity index (χ0n) is 15.7. The van der Waals surface area contributed by atoms with Gasteiger partial charge in [-0.15, -0.1) is 10.2 Å². The van der Waals surface area contributed by atoms with Crippen molar-refractivity contribution in [1.29, 1.82) is 0 Å². The van der Waals surface area contributed by atoms with Crippen LogP contribution in [0, 0.1) is 0 Å². The van der Waals surface area contributed by atoms with Crippen molar-refractivity contribution in [3.05, 3.63) is 11.6 Å². The number of rotatable bonds is 7. The average Bonchev–Trinajstić information content (AvgIpc) is 2.98. The maximum absolute atomic E-state index is 9.65. The monoisotopic (exact) mass is 351 g/mol. The fourth-order valence-corrected chi connectivity index (χ4v) is 3.95. The Bertz CT molecular complexity index is 528. The molecule has 7 nitrogen and oxygen atoms in total. The number of piperidine rings is 2. The molecule has 0 unspecified atom stereocenters. The van der Waals surface area contributed by atoms with Crippen LogP contribution in [0.25, 0.3) is 0 Å². The fourth-order valence-electron chi connectivity index (χ4n) is 3.95. The van der Waals surface area contributed by atoms with E-state index in [1.165, 1.54) is 12.8 Å². The first kappa shape index (κ1) is 18.8. The Kier molecular flexibility index (Phi) is 6.81. The highest BCUT2D eigenvalue weighted by atomic mass is 16.5. The molecule has 0 aromatic carbocycles. The Morgan fingerprint density at radius 2 is 1.92 bits per heavy atom. The molecule has 0 spiro atoms. The third-order valence-corrected chi connectivity index (χ3v) is 5.55. The van der Waals surface area contributed by atoms with E-state index < -0.39 is 0 Å². The third kappa shape index (κ3) is 5.00. The van der Waals surface area contributed by atoms with Crippen LogP contribution in [0.3, 0.4) is 0 Å². The molecule has 7 heteroatoms. The summed E-state index contributed by atoms with van der Waals surface area (Å²) in [6.45, 7) is 9.58. The molecular formula is C18H33N5O2. The lowest BCUT2D eigenvalue weighted by molar-refractivity contribution is 0.0775. The molecule has 0 aliphatic carbocycles. The molecular weight excluding hydrogens is 318 g/mol. The summed E-state index contributed by atoms with van der Waals surface area (Å²) < 4.78 is 7.70. The topological polar surface area (TPSA) is 66.7 Å². The number of ether oxygens (including phenoxy) is 1. The van der Waals surface area contributed by atoms with E-state index in [0.29, 0.717) is 5.92 Å². The van der Waals surface area contributed by atoms with Crippen LogP contribution < -0.4 is 0 Å². The Morgan fingerprint density at radius 1 is 1.12 bits per heavy atom. The van der Waals surface area contributed by atoms with E-state index in [4.69, 9.17) is 4.74 Å². The first-order chi connectivity index (χ1) is 12.2. The molecule has 3 heterocycles. The summed E-state index contributed by atoms with van der Waals surface area (Å²) in [5.41, 5.74) is 0. The number of nitrogens with zero attached hydrogens (tertiary/aromatic N) is 5. The van der Waals surface area contributed by atoms with Crippen LogP contribution in [0.5, 0.6) is 0 Å². The van der Waals surface area contributed by atoms with Gasteiger partial charge in [-0.25, -0.2) is 0 Å².